The Kier molecular flexibility index (Phi) is 5.62. The smallest absolute Gasteiger partial charge is 0.0959 e. The fourth-order valence-electron chi connectivity index (χ4n) is 3.19. The lowest BCUT2D eigenvalue weighted by atomic mass is 9.70. The highest BCUT2D eigenvalue weighted by Crippen LogP contribution is 2.43. The number of hydrogen-bond acceptors (Lipinski definition) is 3. The maximum Gasteiger partial charge on any atom is 0.0959 e. The SMILES string of the molecule is CCCNCc1csc(C2CCC(C(C)(C)C)CC2)n1. The lowest BCUT2D eigenvalue weighted by molar-refractivity contribution is 0.169. The van der Waals surface area contributed by atoms with Crippen molar-refractivity contribution >= 4 is 11.3 Å². The van der Waals surface area contributed by atoms with Crippen LogP contribution in [0.15, 0.2) is 5.38 Å². The second-order valence-electron chi connectivity index (χ2n) is 7.27. The molecule has 0 aromatic carbocycles. The highest BCUT2D eigenvalue weighted by atomic mass is 32.1. The van der Waals surface area contributed by atoms with Crippen LogP contribution in [0.5, 0.6) is 0 Å². The number of rotatable bonds is 5. The van der Waals surface area contributed by atoms with Crippen molar-refractivity contribution in [2.45, 2.75) is 72.3 Å². The summed E-state index contributed by atoms with van der Waals surface area (Å²) in [6.07, 6.45) is 6.59. The van der Waals surface area contributed by atoms with Crippen LogP contribution in [0.2, 0.25) is 0 Å². The van der Waals surface area contributed by atoms with E-state index >= 15 is 0 Å². The predicted molar refractivity (Wildman–Crippen MR) is 88.3 cm³/mol. The van der Waals surface area contributed by atoms with Gasteiger partial charge in [-0.3, -0.25) is 0 Å². The van der Waals surface area contributed by atoms with Crippen LogP contribution >= 0.6 is 11.3 Å². The van der Waals surface area contributed by atoms with Crippen LogP contribution in [0.1, 0.15) is 76.4 Å². The van der Waals surface area contributed by atoms with Crippen molar-refractivity contribution in [1.29, 1.82) is 0 Å². The summed E-state index contributed by atoms with van der Waals surface area (Å²) in [7, 11) is 0. The molecule has 114 valence electrons. The summed E-state index contributed by atoms with van der Waals surface area (Å²) in [6.45, 7) is 11.4. The van der Waals surface area contributed by atoms with Crippen LogP contribution in [0.4, 0.5) is 0 Å². The quantitative estimate of drug-likeness (QED) is 0.776. The fourth-order valence-corrected chi connectivity index (χ4v) is 4.18. The molecule has 0 bridgehead atoms. The van der Waals surface area contributed by atoms with E-state index in [9.17, 15) is 0 Å². The fraction of sp³-hybridized carbons (Fsp3) is 0.824. The normalized spacial score (nSPS) is 24.0. The van der Waals surface area contributed by atoms with Crippen molar-refractivity contribution in [1.82, 2.24) is 10.3 Å². The number of aromatic nitrogens is 1. The third-order valence-electron chi connectivity index (χ3n) is 4.60. The van der Waals surface area contributed by atoms with Crippen molar-refractivity contribution in [3.63, 3.8) is 0 Å². The topological polar surface area (TPSA) is 24.9 Å². The molecule has 2 nitrogen and oxygen atoms in total. The predicted octanol–water partition coefficient (Wildman–Crippen LogP) is 4.96. The summed E-state index contributed by atoms with van der Waals surface area (Å²) in [5.74, 6) is 1.61. The lowest BCUT2D eigenvalue weighted by Crippen LogP contribution is -2.25. The molecular weight excluding hydrogens is 264 g/mol. The molecule has 2 rings (SSSR count). The molecule has 0 aliphatic heterocycles. The van der Waals surface area contributed by atoms with Gasteiger partial charge in [0.25, 0.3) is 0 Å². The van der Waals surface area contributed by atoms with E-state index in [0.717, 1.165) is 24.9 Å². The van der Waals surface area contributed by atoms with Gasteiger partial charge in [-0.05, 0) is 50.0 Å². The Balaban J connectivity index is 1.84. The second kappa shape index (κ2) is 7.04. The third-order valence-corrected chi connectivity index (χ3v) is 5.66. The zero-order chi connectivity index (χ0) is 14.6. The van der Waals surface area contributed by atoms with Crippen LogP contribution in [0.25, 0.3) is 0 Å². The van der Waals surface area contributed by atoms with Crippen molar-refractivity contribution in [3.05, 3.63) is 16.1 Å². The Morgan fingerprint density at radius 2 is 1.95 bits per heavy atom. The minimum atomic E-state index is 0.475. The Morgan fingerprint density at radius 1 is 1.25 bits per heavy atom. The number of thiazole rings is 1. The molecule has 1 aromatic heterocycles. The van der Waals surface area contributed by atoms with Crippen LogP contribution < -0.4 is 5.32 Å². The largest absolute Gasteiger partial charge is 0.311 e. The summed E-state index contributed by atoms with van der Waals surface area (Å²) in [6, 6.07) is 0. The molecule has 1 aromatic rings. The van der Waals surface area contributed by atoms with Crippen LogP contribution in [-0.4, -0.2) is 11.5 Å². The third kappa shape index (κ3) is 4.29. The van der Waals surface area contributed by atoms with E-state index in [-0.39, 0.29) is 0 Å². The van der Waals surface area contributed by atoms with Crippen molar-refractivity contribution in [3.8, 4) is 0 Å². The van der Waals surface area contributed by atoms with E-state index in [1.54, 1.807) is 0 Å². The van der Waals surface area contributed by atoms with E-state index in [1.165, 1.54) is 42.8 Å². The van der Waals surface area contributed by atoms with Crippen molar-refractivity contribution in [2.75, 3.05) is 6.54 Å². The molecule has 0 saturated heterocycles. The molecule has 1 aliphatic rings. The molecule has 1 saturated carbocycles. The first kappa shape index (κ1) is 16.0. The van der Waals surface area contributed by atoms with Crippen molar-refractivity contribution < 1.29 is 0 Å². The highest BCUT2D eigenvalue weighted by Gasteiger charge is 2.31. The summed E-state index contributed by atoms with van der Waals surface area (Å²) in [5, 5.41) is 7.06. The van der Waals surface area contributed by atoms with Gasteiger partial charge < -0.3 is 5.32 Å². The first-order valence-corrected chi connectivity index (χ1v) is 9.03. The molecule has 0 radical (unpaired) electrons. The monoisotopic (exact) mass is 294 g/mol. The van der Waals surface area contributed by atoms with Gasteiger partial charge in [0.15, 0.2) is 0 Å². The van der Waals surface area contributed by atoms with Gasteiger partial charge in [-0.2, -0.15) is 0 Å². The molecule has 0 amide bonds. The Hall–Kier alpha value is -0.410. The number of nitrogens with zero attached hydrogens (tertiary/aromatic N) is 1. The first-order valence-electron chi connectivity index (χ1n) is 8.15. The molecule has 0 spiro atoms. The van der Waals surface area contributed by atoms with E-state index in [4.69, 9.17) is 4.98 Å². The zero-order valence-electron chi connectivity index (χ0n) is 13.5. The molecule has 1 fully saturated rings. The van der Waals surface area contributed by atoms with Crippen LogP contribution in [-0.2, 0) is 6.54 Å². The van der Waals surface area contributed by atoms with Gasteiger partial charge in [0, 0.05) is 17.8 Å². The Morgan fingerprint density at radius 3 is 2.55 bits per heavy atom. The maximum atomic E-state index is 4.85. The average Bonchev–Trinajstić information content (AvgIpc) is 2.87. The Labute approximate surface area is 128 Å². The van der Waals surface area contributed by atoms with Gasteiger partial charge in [-0.1, -0.05) is 27.7 Å². The average molecular weight is 295 g/mol. The summed E-state index contributed by atoms with van der Waals surface area (Å²) < 4.78 is 0. The van der Waals surface area contributed by atoms with Gasteiger partial charge >= 0.3 is 0 Å². The van der Waals surface area contributed by atoms with E-state index < -0.39 is 0 Å². The van der Waals surface area contributed by atoms with Crippen LogP contribution in [0.3, 0.4) is 0 Å². The summed E-state index contributed by atoms with van der Waals surface area (Å²) in [5.41, 5.74) is 1.71. The second-order valence-corrected chi connectivity index (χ2v) is 8.16. The minimum absolute atomic E-state index is 0.475. The molecule has 1 aliphatic carbocycles. The molecule has 1 heterocycles. The molecule has 20 heavy (non-hydrogen) atoms. The van der Waals surface area contributed by atoms with E-state index in [2.05, 4.69) is 38.4 Å². The molecular formula is C17H30N2S. The maximum absolute atomic E-state index is 4.85. The summed E-state index contributed by atoms with van der Waals surface area (Å²) in [4.78, 5) is 4.85. The van der Waals surface area contributed by atoms with Crippen LogP contribution in [0, 0.1) is 11.3 Å². The zero-order valence-corrected chi connectivity index (χ0v) is 14.4. The van der Waals surface area contributed by atoms with Gasteiger partial charge in [0.1, 0.15) is 0 Å². The minimum Gasteiger partial charge on any atom is -0.311 e. The first-order chi connectivity index (χ1) is 9.50. The molecule has 0 unspecified atom stereocenters. The van der Waals surface area contributed by atoms with E-state index in [0.29, 0.717) is 5.41 Å². The standard InChI is InChI=1S/C17H30N2S/c1-5-10-18-11-15-12-20-16(19-15)13-6-8-14(9-7-13)17(2,3)4/h12-14,18H,5-11H2,1-4H3. The number of hydrogen-bond donors (Lipinski definition) is 1. The molecule has 1 N–H and O–H groups in total. The van der Waals surface area contributed by atoms with Gasteiger partial charge in [0.05, 0.1) is 10.7 Å². The van der Waals surface area contributed by atoms with Crippen molar-refractivity contribution in [2.24, 2.45) is 11.3 Å². The Bertz CT molecular complexity index is 397. The molecule has 3 heteroatoms. The van der Waals surface area contributed by atoms with E-state index in [1.807, 2.05) is 11.3 Å². The highest BCUT2D eigenvalue weighted by molar-refractivity contribution is 7.09. The summed E-state index contributed by atoms with van der Waals surface area (Å²) >= 11 is 1.87. The van der Waals surface area contributed by atoms with Gasteiger partial charge in [-0.15, -0.1) is 11.3 Å². The number of nitrogens with one attached hydrogen (secondary N) is 1. The van der Waals surface area contributed by atoms with Gasteiger partial charge in [-0.25, -0.2) is 4.98 Å². The van der Waals surface area contributed by atoms with Gasteiger partial charge in [0.2, 0.25) is 0 Å². The lowest BCUT2D eigenvalue weighted by Gasteiger charge is -2.36. The molecule has 0 atom stereocenters.